The topological polar surface area (TPSA) is 72.2 Å². The number of anilines is 2. The van der Waals surface area contributed by atoms with E-state index in [0.717, 1.165) is 12.1 Å². The Bertz CT molecular complexity index is 787. The largest absolute Gasteiger partial charge is 0.398 e. The van der Waals surface area contributed by atoms with Crippen LogP contribution in [0.15, 0.2) is 35.2 Å². The molecule has 112 valence electrons. The molecule has 0 atom stereocenters. The van der Waals surface area contributed by atoms with Crippen molar-refractivity contribution >= 4 is 33.0 Å². The normalized spacial score (nSPS) is 11.4. The third kappa shape index (κ3) is 3.25. The molecule has 4 nitrogen and oxygen atoms in total. The number of hydrogen-bond donors (Lipinski definition) is 2. The van der Waals surface area contributed by atoms with Crippen molar-refractivity contribution in [1.82, 2.24) is 0 Å². The van der Waals surface area contributed by atoms with Crippen molar-refractivity contribution in [3.63, 3.8) is 0 Å². The zero-order chi connectivity index (χ0) is 15.8. The predicted molar refractivity (Wildman–Crippen MR) is 77.8 cm³/mol. The van der Waals surface area contributed by atoms with Crippen LogP contribution >= 0.6 is 11.6 Å². The lowest BCUT2D eigenvalue weighted by Gasteiger charge is -2.11. The second-order valence-electron chi connectivity index (χ2n) is 4.35. The van der Waals surface area contributed by atoms with Gasteiger partial charge in [-0.1, -0.05) is 11.6 Å². The van der Waals surface area contributed by atoms with Gasteiger partial charge in [-0.15, -0.1) is 0 Å². The molecule has 0 amide bonds. The van der Waals surface area contributed by atoms with Gasteiger partial charge in [0.05, 0.1) is 10.6 Å². The minimum absolute atomic E-state index is 0.176. The Morgan fingerprint density at radius 2 is 1.86 bits per heavy atom. The van der Waals surface area contributed by atoms with E-state index in [-0.39, 0.29) is 21.3 Å². The first-order chi connectivity index (χ1) is 9.70. The van der Waals surface area contributed by atoms with Crippen molar-refractivity contribution in [3.8, 4) is 0 Å². The standard InChI is InChI=1S/C13H11ClF2N2O2S/c1-7-10(14)5-9(6-12(7)17)21(19,20)18-13-3-2-8(15)4-11(13)16/h2-6,18H,17H2,1H3. The highest BCUT2D eigenvalue weighted by Gasteiger charge is 2.19. The van der Waals surface area contributed by atoms with E-state index in [1.807, 2.05) is 4.72 Å². The summed E-state index contributed by atoms with van der Waals surface area (Å²) in [6.07, 6.45) is 0. The van der Waals surface area contributed by atoms with Gasteiger partial charge >= 0.3 is 0 Å². The van der Waals surface area contributed by atoms with Gasteiger partial charge in [-0.25, -0.2) is 17.2 Å². The smallest absolute Gasteiger partial charge is 0.262 e. The summed E-state index contributed by atoms with van der Waals surface area (Å²) in [6.45, 7) is 1.64. The average molecular weight is 333 g/mol. The fourth-order valence-electron chi connectivity index (χ4n) is 1.61. The molecule has 2 aromatic carbocycles. The van der Waals surface area contributed by atoms with Crippen LogP contribution in [0.1, 0.15) is 5.56 Å². The quantitative estimate of drug-likeness (QED) is 0.847. The number of nitrogens with two attached hydrogens (primary N) is 1. The Balaban J connectivity index is 2.43. The van der Waals surface area contributed by atoms with Crippen molar-refractivity contribution in [2.75, 3.05) is 10.5 Å². The van der Waals surface area contributed by atoms with Crippen LogP contribution in [0, 0.1) is 18.6 Å². The van der Waals surface area contributed by atoms with Crippen LogP contribution in [0.4, 0.5) is 20.2 Å². The molecule has 3 N–H and O–H groups in total. The second-order valence-corrected chi connectivity index (χ2v) is 6.44. The van der Waals surface area contributed by atoms with Crippen LogP contribution in [0.3, 0.4) is 0 Å². The molecule has 0 aliphatic carbocycles. The van der Waals surface area contributed by atoms with Crippen LogP contribution < -0.4 is 10.5 Å². The molecule has 0 aliphatic heterocycles. The monoisotopic (exact) mass is 332 g/mol. The van der Waals surface area contributed by atoms with E-state index in [0.29, 0.717) is 11.6 Å². The Morgan fingerprint density at radius 3 is 2.43 bits per heavy atom. The van der Waals surface area contributed by atoms with Gasteiger partial charge in [0.1, 0.15) is 11.6 Å². The van der Waals surface area contributed by atoms with Crippen molar-refractivity contribution in [2.45, 2.75) is 11.8 Å². The molecule has 0 unspecified atom stereocenters. The van der Waals surface area contributed by atoms with Gasteiger partial charge in [-0.05, 0) is 36.8 Å². The van der Waals surface area contributed by atoms with Crippen molar-refractivity contribution < 1.29 is 17.2 Å². The SMILES string of the molecule is Cc1c(N)cc(S(=O)(=O)Nc2ccc(F)cc2F)cc1Cl. The maximum atomic E-state index is 13.5. The van der Waals surface area contributed by atoms with Gasteiger partial charge < -0.3 is 5.73 Å². The summed E-state index contributed by atoms with van der Waals surface area (Å²) in [7, 11) is -4.09. The molecular weight excluding hydrogens is 322 g/mol. The minimum Gasteiger partial charge on any atom is -0.398 e. The highest BCUT2D eigenvalue weighted by molar-refractivity contribution is 7.92. The lowest BCUT2D eigenvalue weighted by molar-refractivity contribution is 0.583. The third-order valence-electron chi connectivity index (χ3n) is 2.84. The Labute approximate surface area is 125 Å². The molecule has 0 fully saturated rings. The molecule has 0 saturated carbocycles. The van der Waals surface area contributed by atoms with Gasteiger partial charge in [0.2, 0.25) is 0 Å². The molecule has 2 rings (SSSR count). The maximum absolute atomic E-state index is 13.5. The summed E-state index contributed by atoms with van der Waals surface area (Å²) in [5.74, 6) is -1.83. The van der Waals surface area contributed by atoms with E-state index in [4.69, 9.17) is 17.3 Å². The first kappa shape index (κ1) is 15.5. The number of benzene rings is 2. The Morgan fingerprint density at radius 1 is 1.19 bits per heavy atom. The minimum atomic E-state index is -4.09. The van der Waals surface area contributed by atoms with Crippen LogP contribution in [-0.4, -0.2) is 8.42 Å². The first-order valence-electron chi connectivity index (χ1n) is 5.74. The molecule has 0 aliphatic rings. The van der Waals surface area contributed by atoms with E-state index in [1.54, 1.807) is 6.92 Å². The van der Waals surface area contributed by atoms with E-state index in [1.165, 1.54) is 12.1 Å². The Hall–Kier alpha value is -1.86. The van der Waals surface area contributed by atoms with Gasteiger partial charge in [0, 0.05) is 16.8 Å². The van der Waals surface area contributed by atoms with Crippen LogP contribution in [-0.2, 0) is 10.0 Å². The van der Waals surface area contributed by atoms with Crippen LogP contribution in [0.5, 0.6) is 0 Å². The van der Waals surface area contributed by atoms with E-state index < -0.39 is 21.7 Å². The fraction of sp³-hybridized carbons (Fsp3) is 0.0769. The fourth-order valence-corrected chi connectivity index (χ4v) is 3.02. The van der Waals surface area contributed by atoms with Gasteiger partial charge in [-0.2, -0.15) is 0 Å². The zero-order valence-corrected chi connectivity index (χ0v) is 12.4. The molecule has 0 saturated heterocycles. The number of nitrogen functional groups attached to an aromatic ring is 1. The molecule has 0 aromatic heterocycles. The number of nitrogens with one attached hydrogen (secondary N) is 1. The molecule has 2 aromatic rings. The Kier molecular flexibility index (Phi) is 4.06. The first-order valence-corrected chi connectivity index (χ1v) is 7.60. The molecule has 0 spiro atoms. The highest BCUT2D eigenvalue weighted by Crippen LogP contribution is 2.27. The summed E-state index contributed by atoms with van der Waals surface area (Å²) in [5, 5.41) is 0.176. The molecule has 0 radical (unpaired) electrons. The summed E-state index contributed by atoms with van der Waals surface area (Å²) < 4.78 is 52.7. The summed E-state index contributed by atoms with van der Waals surface area (Å²) in [4.78, 5) is -0.209. The average Bonchev–Trinajstić information content (AvgIpc) is 2.38. The van der Waals surface area contributed by atoms with Crippen molar-refractivity contribution in [2.24, 2.45) is 0 Å². The molecule has 0 bridgehead atoms. The van der Waals surface area contributed by atoms with Gasteiger partial charge in [0.15, 0.2) is 0 Å². The van der Waals surface area contributed by atoms with Gasteiger partial charge in [-0.3, -0.25) is 4.72 Å². The summed E-state index contributed by atoms with van der Waals surface area (Å²) >= 11 is 5.88. The zero-order valence-electron chi connectivity index (χ0n) is 10.8. The number of rotatable bonds is 3. The lowest BCUT2D eigenvalue weighted by atomic mass is 10.2. The molecule has 0 heterocycles. The summed E-state index contributed by atoms with van der Waals surface area (Å²) in [5.41, 5.74) is 6.03. The second kappa shape index (κ2) is 5.50. The number of halogens is 3. The number of hydrogen-bond acceptors (Lipinski definition) is 3. The predicted octanol–water partition coefficient (Wildman–Crippen LogP) is 3.31. The van der Waals surface area contributed by atoms with E-state index in [2.05, 4.69) is 0 Å². The maximum Gasteiger partial charge on any atom is 0.262 e. The lowest BCUT2D eigenvalue weighted by Crippen LogP contribution is -2.14. The van der Waals surface area contributed by atoms with Crippen LogP contribution in [0.25, 0.3) is 0 Å². The third-order valence-corrected chi connectivity index (χ3v) is 4.58. The van der Waals surface area contributed by atoms with Crippen LogP contribution in [0.2, 0.25) is 5.02 Å². The highest BCUT2D eigenvalue weighted by atomic mass is 35.5. The van der Waals surface area contributed by atoms with E-state index >= 15 is 0 Å². The van der Waals surface area contributed by atoms with Crippen molar-refractivity contribution in [3.05, 3.63) is 52.6 Å². The van der Waals surface area contributed by atoms with Gasteiger partial charge in [0.25, 0.3) is 10.0 Å². The summed E-state index contributed by atoms with van der Waals surface area (Å²) in [6, 6.07) is 4.93. The number of sulfonamides is 1. The van der Waals surface area contributed by atoms with E-state index in [9.17, 15) is 17.2 Å². The molecule has 8 heteroatoms. The molecular formula is C13H11ClF2N2O2S. The van der Waals surface area contributed by atoms with Crippen molar-refractivity contribution in [1.29, 1.82) is 0 Å². The molecule has 21 heavy (non-hydrogen) atoms.